The van der Waals surface area contributed by atoms with Gasteiger partial charge in [-0.1, -0.05) is 23.2 Å². The Morgan fingerprint density at radius 3 is 2.64 bits per heavy atom. The summed E-state index contributed by atoms with van der Waals surface area (Å²) in [4.78, 5) is 16.3. The minimum absolute atomic E-state index is 0.0294. The van der Waals surface area contributed by atoms with Crippen molar-refractivity contribution in [3.05, 3.63) is 39.1 Å². The average molecular weight is 346 g/mol. The summed E-state index contributed by atoms with van der Waals surface area (Å²) in [6, 6.07) is 2.15. The standard InChI is InChI=1S/C15H14Cl2FNO3/c1-22-15(21)13(12-4-2-3-5-19-12)14(20)8-6-11(18)10(17)7-9(8)16/h6-7,20H,2-5H2,1H3/b14-13-. The summed E-state index contributed by atoms with van der Waals surface area (Å²) < 4.78 is 18.3. The Balaban J connectivity index is 2.61. The Bertz CT molecular complexity index is 671. The fraction of sp³-hybridized carbons (Fsp3) is 0.333. The number of aliphatic hydroxyl groups excluding tert-OH is 1. The first kappa shape index (κ1) is 16.8. The number of benzene rings is 1. The first-order valence-electron chi connectivity index (χ1n) is 6.66. The average Bonchev–Trinajstić information content (AvgIpc) is 2.51. The number of methoxy groups -OCH3 is 1. The van der Waals surface area contributed by atoms with Gasteiger partial charge in [0.1, 0.15) is 17.1 Å². The minimum Gasteiger partial charge on any atom is -0.506 e. The molecule has 0 radical (unpaired) electrons. The second-order valence-electron chi connectivity index (χ2n) is 4.75. The molecule has 7 heteroatoms. The third kappa shape index (κ3) is 3.42. The largest absolute Gasteiger partial charge is 0.506 e. The Morgan fingerprint density at radius 2 is 2.05 bits per heavy atom. The summed E-state index contributed by atoms with van der Waals surface area (Å²) in [7, 11) is 1.20. The Kier molecular flexibility index (Phi) is 5.42. The van der Waals surface area contributed by atoms with Gasteiger partial charge < -0.3 is 9.84 Å². The van der Waals surface area contributed by atoms with Crippen LogP contribution in [0.25, 0.3) is 5.76 Å². The number of aliphatic hydroxyl groups is 1. The molecule has 118 valence electrons. The van der Waals surface area contributed by atoms with Crippen LogP contribution in [0.5, 0.6) is 0 Å². The van der Waals surface area contributed by atoms with Crippen LogP contribution < -0.4 is 0 Å². The highest BCUT2D eigenvalue weighted by Gasteiger charge is 2.25. The van der Waals surface area contributed by atoms with Crippen molar-refractivity contribution in [3.63, 3.8) is 0 Å². The van der Waals surface area contributed by atoms with Gasteiger partial charge in [-0.2, -0.15) is 0 Å². The molecule has 2 rings (SSSR count). The van der Waals surface area contributed by atoms with Gasteiger partial charge >= 0.3 is 5.97 Å². The summed E-state index contributed by atoms with van der Waals surface area (Å²) in [6.07, 6.45) is 2.28. The molecule has 0 fully saturated rings. The third-order valence-corrected chi connectivity index (χ3v) is 3.91. The van der Waals surface area contributed by atoms with Gasteiger partial charge in [-0.25, -0.2) is 9.18 Å². The maximum absolute atomic E-state index is 13.6. The fourth-order valence-electron chi connectivity index (χ4n) is 2.19. The van der Waals surface area contributed by atoms with Crippen molar-refractivity contribution in [1.29, 1.82) is 0 Å². The molecule has 1 aromatic rings. The molecule has 0 bridgehead atoms. The van der Waals surface area contributed by atoms with Gasteiger partial charge in [0.2, 0.25) is 0 Å². The van der Waals surface area contributed by atoms with Crippen LogP contribution in [0.15, 0.2) is 22.7 Å². The van der Waals surface area contributed by atoms with Crippen molar-refractivity contribution in [1.82, 2.24) is 0 Å². The number of hydrogen-bond acceptors (Lipinski definition) is 4. The van der Waals surface area contributed by atoms with Gasteiger partial charge in [0.05, 0.1) is 22.9 Å². The van der Waals surface area contributed by atoms with Crippen LogP contribution in [0.2, 0.25) is 10.0 Å². The summed E-state index contributed by atoms with van der Waals surface area (Å²) in [5.74, 6) is -1.96. The molecular weight excluding hydrogens is 332 g/mol. The lowest BCUT2D eigenvalue weighted by molar-refractivity contribution is -0.135. The molecule has 0 spiro atoms. The normalized spacial score (nSPS) is 15.9. The maximum atomic E-state index is 13.6. The lowest BCUT2D eigenvalue weighted by Gasteiger charge is -2.16. The van der Waals surface area contributed by atoms with E-state index in [1.807, 2.05) is 0 Å². The number of rotatable bonds is 3. The number of esters is 1. The van der Waals surface area contributed by atoms with Crippen LogP contribution in [0.3, 0.4) is 0 Å². The van der Waals surface area contributed by atoms with Crippen molar-refractivity contribution < 1.29 is 19.0 Å². The molecule has 0 saturated carbocycles. The lowest BCUT2D eigenvalue weighted by atomic mass is 9.98. The Hall–Kier alpha value is -1.59. The number of ether oxygens (including phenoxy) is 1. The van der Waals surface area contributed by atoms with E-state index < -0.39 is 17.5 Å². The van der Waals surface area contributed by atoms with Crippen molar-refractivity contribution in [2.45, 2.75) is 19.3 Å². The predicted molar refractivity (Wildman–Crippen MR) is 84.1 cm³/mol. The quantitative estimate of drug-likeness (QED) is 0.386. The summed E-state index contributed by atoms with van der Waals surface area (Å²) in [5.41, 5.74) is 0.310. The van der Waals surface area contributed by atoms with Crippen LogP contribution in [0, 0.1) is 5.82 Å². The highest BCUT2D eigenvalue weighted by molar-refractivity contribution is 6.36. The topological polar surface area (TPSA) is 58.9 Å². The van der Waals surface area contributed by atoms with E-state index in [0.29, 0.717) is 18.7 Å². The van der Waals surface area contributed by atoms with Crippen LogP contribution in [0.1, 0.15) is 24.8 Å². The number of aliphatic imine (C=N–C) groups is 1. The predicted octanol–water partition coefficient (Wildman–Crippen LogP) is 4.20. The van der Waals surface area contributed by atoms with E-state index in [4.69, 9.17) is 27.9 Å². The van der Waals surface area contributed by atoms with Crippen LogP contribution in [0.4, 0.5) is 4.39 Å². The summed E-state index contributed by atoms with van der Waals surface area (Å²) in [6.45, 7) is 0.561. The zero-order chi connectivity index (χ0) is 16.3. The molecule has 1 heterocycles. The van der Waals surface area contributed by atoms with E-state index in [0.717, 1.165) is 18.9 Å². The molecule has 1 N–H and O–H groups in total. The Morgan fingerprint density at radius 1 is 1.32 bits per heavy atom. The molecule has 0 unspecified atom stereocenters. The van der Waals surface area contributed by atoms with Crippen molar-refractivity contribution in [2.24, 2.45) is 4.99 Å². The maximum Gasteiger partial charge on any atom is 0.343 e. The van der Waals surface area contributed by atoms with Crippen molar-refractivity contribution in [3.8, 4) is 0 Å². The molecule has 0 aliphatic carbocycles. The van der Waals surface area contributed by atoms with E-state index in [2.05, 4.69) is 4.99 Å². The molecule has 0 amide bonds. The molecule has 1 aliphatic rings. The number of carbonyl (C=O) groups is 1. The van der Waals surface area contributed by atoms with Gasteiger partial charge in [-0.15, -0.1) is 0 Å². The van der Waals surface area contributed by atoms with Gasteiger partial charge in [0, 0.05) is 12.1 Å². The number of nitrogens with zero attached hydrogens (tertiary/aromatic N) is 1. The second-order valence-corrected chi connectivity index (χ2v) is 5.56. The van der Waals surface area contributed by atoms with Crippen LogP contribution >= 0.6 is 23.2 Å². The van der Waals surface area contributed by atoms with E-state index >= 15 is 0 Å². The molecule has 4 nitrogen and oxygen atoms in total. The first-order valence-corrected chi connectivity index (χ1v) is 7.41. The second kappa shape index (κ2) is 7.11. The molecule has 0 aromatic heterocycles. The monoisotopic (exact) mass is 345 g/mol. The van der Waals surface area contributed by atoms with E-state index in [1.165, 1.54) is 13.2 Å². The van der Waals surface area contributed by atoms with Gasteiger partial charge in [-0.05, 0) is 31.4 Å². The number of carbonyl (C=O) groups excluding carboxylic acids is 1. The van der Waals surface area contributed by atoms with Crippen LogP contribution in [-0.2, 0) is 9.53 Å². The molecule has 22 heavy (non-hydrogen) atoms. The van der Waals surface area contributed by atoms with E-state index in [1.54, 1.807) is 0 Å². The van der Waals surface area contributed by atoms with Crippen LogP contribution in [-0.4, -0.2) is 30.4 Å². The van der Waals surface area contributed by atoms with Crippen molar-refractivity contribution in [2.75, 3.05) is 13.7 Å². The van der Waals surface area contributed by atoms with Gasteiger partial charge in [-0.3, -0.25) is 4.99 Å². The fourth-order valence-corrected chi connectivity index (χ4v) is 2.67. The molecule has 1 aromatic carbocycles. The zero-order valence-corrected chi connectivity index (χ0v) is 13.3. The van der Waals surface area contributed by atoms with E-state index in [-0.39, 0.29) is 21.2 Å². The summed E-state index contributed by atoms with van der Waals surface area (Å²) in [5, 5.41) is 10.3. The third-order valence-electron chi connectivity index (χ3n) is 3.30. The van der Waals surface area contributed by atoms with Gasteiger partial charge in [0.15, 0.2) is 0 Å². The molecular formula is C15H14Cl2FNO3. The molecule has 0 saturated heterocycles. The summed E-state index contributed by atoms with van der Waals surface area (Å²) >= 11 is 11.6. The minimum atomic E-state index is -0.748. The van der Waals surface area contributed by atoms with Gasteiger partial charge in [0.25, 0.3) is 0 Å². The van der Waals surface area contributed by atoms with Crippen molar-refractivity contribution >= 4 is 40.6 Å². The zero-order valence-electron chi connectivity index (χ0n) is 11.8. The molecule has 0 atom stereocenters. The highest BCUT2D eigenvalue weighted by Crippen LogP contribution is 2.31. The smallest absolute Gasteiger partial charge is 0.343 e. The highest BCUT2D eigenvalue weighted by atomic mass is 35.5. The Labute approximate surface area is 137 Å². The lowest BCUT2D eigenvalue weighted by Crippen LogP contribution is -2.19. The van der Waals surface area contributed by atoms with E-state index in [9.17, 15) is 14.3 Å². The first-order chi connectivity index (χ1) is 10.5. The molecule has 1 aliphatic heterocycles. The number of halogens is 3. The number of hydrogen-bond donors (Lipinski definition) is 1. The SMILES string of the molecule is COC(=O)/C(C1=NCCCC1)=C(\O)c1cc(F)c(Cl)cc1Cl.